The maximum absolute atomic E-state index is 13.8. The molecule has 0 saturated carbocycles. The van der Waals surface area contributed by atoms with Gasteiger partial charge < -0.3 is 35.0 Å². The summed E-state index contributed by atoms with van der Waals surface area (Å²) in [6.45, 7) is -0.286. The van der Waals surface area contributed by atoms with Crippen molar-refractivity contribution in [2.24, 2.45) is 0 Å². The van der Waals surface area contributed by atoms with Crippen molar-refractivity contribution in [2.75, 3.05) is 26.8 Å². The van der Waals surface area contributed by atoms with Gasteiger partial charge in [0, 0.05) is 24.1 Å². The van der Waals surface area contributed by atoms with E-state index in [0.29, 0.717) is 28.9 Å². The van der Waals surface area contributed by atoms with E-state index in [1.54, 1.807) is 6.07 Å². The molecule has 0 spiro atoms. The van der Waals surface area contributed by atoms with Gasteiger partial charge in [0.05, 0.1) is 32.3 Å². The Labute approximate surface area is 251 Å². The summed E-state index contributed by atoms with van der Waals surface area (Å²) in [6.07, 6.45) is 2.28. The lowest BCUT2D eigenvalue weighted by Crippen LogP contribution is -2.57. The van der Waals surface area contributed by atoms with Crippen molar-refractivity contribution in [3.8, 4) is 11.5 Å². The molecule has 1 aromatic carbocycles. The Morgan fingerprint density at radius 2 is 1.70 bits per heavy atom. The highest BCUT2D eigenvalue weighted by atomic mass is 19.4. The molecule has 0 bridgehead atoms. The fourth-order valence-corrected chi connectivity index (χ4v) is 5.90. The van der Waals surface area contributed by atoms with E-state index in [1.165, 1.54) is 32.1 Å². The van der Waals surface area contributed by atoms with E-state index >= 15 is 0 Å². The molecule has 0 unspecified atom stereocenters. The van der Waals surface area contributed by atoms with Crippen LogP contribution in [0.1, 0.15) is 88.2 Å². The topological polar surface area (TPSA) is 129 Å². The number of nitrogens with one attached hydrogen (secondary N) is 1. The molecule has 1 aliphatic carbocycles. The summed E-state index contributed by atoms with van der Waals surface area (Å²) in [4.78, 5) is 27.1. The summed E-state index contributed by atoms with van der Waals surface area (Å²) in [5.41, 5.74) is 0.855. The summed E-state index contributed by atoms with van der Waals surface area (Å²) in [5.74, 6) is -1.95. The van der Waals surface area contributed by atoms with Crippen LogP contribution < -0.4 is 14.8 Å². The molecule has 3 rings (SSSR count). The van der Waals surface area contributed by atoms with Crippen molar-refractivity contribution < 1.29 is 47.6 Å². The smallest absolute Gasteiger partial charge is 0.406 e. The maximum Gasteiger partial charge on any atom is 0.406 e. The third-order valence-electron chi connectivity index (χ3n) is 8.02. The van der Waals surface area contributed by atoms with Gasteiger partial charge in [-0.15, -0.1) is 0 Å². The Balaban J connectivity index is 1.87. The first-order chi connectivity index (χ1) is 20.6. The Bertz CT molecular complexity index is 1110. The molecule has 4 atom stereocenters. The van der Waals surface area contributed by atoms with Crippen LogP contribution in [0.3, 0.4) is 0 Å². The molecule has 43 heavy (non-hydrogen) atoms. The number of benzene rings is 1. The molecular formula is C31H45F3N2O7. The van der Waals surface area contributed by atoms with E-state index in [9.17, 15) is 38.1 Å². The quantitative estimate of drug-likeness (QED) is 0.194. The van der Waals surface area contributed by atoms with Crippen LogP contribution in [0.25, 0.3) is 0 Å². The lowest BCUT2D eigenvalue weighted by atomic mass is 9.77. The second-order valence-corrected chi connectivity index (χ2v) is 11.2. The second kappa shape index (κ2) is 16.3. The number of methoxy groups -OCH3 is 1. The molecule has 2 amide bonds. The van der Waals surface area contributed by atoms with E-state index in [4.69, 9.17) is 9.47 Å². The van der Waals surface area contributed by atoms with Crippen molar-refractivity contribution >= 4 is 11.8 Å². The average molecular weight is 615 g/mol. The number of carbonyl (C=O) groups is 2. The lowest BCUT2D eigenvalue weighted by Gasteiger charge is -2.41. The Morgan fingerprint density at radius 1 is 1.05 bits per heavy atom. The second-order valence-electron chi connectivity index (χ2n) is 11.2. The van der Waals surface area contributed by atoms with Crippen molar-refractivity contribution in [3.05, 3.63) is 34.9 Å². The fourth-order valence-electron chi connectivity index (χ4n) is 5.90. The SMILES string of the molecule is CCCCCCCCCCCC(=O)N(CC(F)(F)F)[C@@H]1C=C(C(=O)NCCO)[C@@H]2c3cc(CO)cc(OC)c3O[C@@H]2[C@H]1O. The highest BCUT2D eigenvalue weighted by molar-refractivity contribution is 5.96. The summed E-state index contributed by atoms with van der Waals surface area (Å²) in [5, 5.41) is 33.0. The molecule has 0 saturated heterocycles. The molecular weight excluding hydrogens is 569 g/mol. The van der Waals surface area contributed by atoms with E-state index < -0.39 is 48.7 Å². The van der Waals surface area contributed by atoms with Crippen LogP contribution in [-0.4, -0.2) is 83.3 Å². The Hall–Kier alpha value is -2.83. The van der Waals surface area contributed by atoms with E-state index in [-0.39, 0.29) is 43.3 Å². The monoisotopic (exact) mass is 614 g/mol. The Kier molecular flexibility index (Phi) is 13.1. The summed E-state index contributed by atoms with van der Waals surface area (Å²) in [7, 11) is 1.38. The number of aliphatic hydroxyl groups is 3. The zero-order valence-electron chi connectivity index (χ0n) is 25.0. The maximum atomic E-state index is 13.8. The number of ether oxygens (including phenoxy) is 2. The fraction of sp³-hybridized carbons (Fsp3) is 0.677. The number of nitrogens with zero attached hydrogens (tertiary/aromatic N) is 1. The van der Waals surface area contributed by atoms with Gasteiger partial charge in [0.2, 0.25) is 11.8 Å². The van der Waals surface area contributed by atoms with Crippen LogP contribution in [0.4, 0.5) is 13.2 Å². The van der Waals surface area contributed by atoms with Crippen molar-refractivity contribution in [1.29, 1.82) is 0 Å². The molecule has 1 heterocycles. The molecule has 4 N–H and O–H groups in total. The summed E-state index contributed by atoms with van der Waals surface area (Å²) >= 11 is 0. The van der Waals surface area contributed by atoms with Gasteiger partial charge in [0.15, 0.2) is 11.5 Å². The van der Waals surface area contributed by atoms with Gasteiger partial charge in [-0.1, -0.05) is 58.3 Å². The van der Waals surface area contributed by atoms with Gasteiger partial charge in [-0.25, -0.2) is 0 Å². The van der Waals surface area contributed by atoms with Crippen LogP contribution in [0.15, 0.2) is 23.8 Å². The van der Waals surface area contributed by atoms with Crippen molar-refractivity contribution in [1.82, 2.24) is 10.2 Å². The minimum absolute atomic E-state index is 0.00677. The predicted molar refractivity (Wildman–Crippen MR) is 154 cm³/mol. The highest BCUT2D eigenvalue weighted by Gasteiger charge is 2.52. The molecule has 2 aliphatic rings. The minimum atomic E-state index is -4.75. The lowest BCUT2D eigenvalue weighted by molar-refractivity contribution is -0.170. The zero-order chi connectivity index (χ0) is 31.6. The first-order valence-electron chi connectivity index (χ1n) is 15.2. The van der Waals surface area contributed by atoms with Crippen molar-refractivity contribution in [2.45, 2.75) is 108 Å². The first kappa shape index (κ1) is 34.7. The molecule has 1 aromatic rings. The van der Waals surface area contributed by atoms with Gasteiger partial charge in [-0.2, -0.15) is 13.2 Å². The van der Waals surface area contributed by atoms with Crippen LogP contribution in [0.2, 0.25) is 0 Å². The number of hydrogen-bond donors (Lipinski definition) is 4. The van der Waals surface area contributed by atoms with Crippen molar-refractivity contribution in [3.63, 3.8) is 0 Å². The molecule has 0 aromatic heterocycles. The van der Waals surface area contributed by atoms with E-state index in [0.717, 1.165) is 32.1 Å². The van der Waals surface area contributed by atoms with Gasteiger partial charge in [0.25, 0.3) is 0 Å². The number of rotatable bonds is 17. The van der Waals surface area contributed by atoms with Gasteiger partial charge in [-0.3, -0.25) is 9.59 Å². The standard InChI is InChI=1S/C31H45F3N2O7/c1-3-4-5-6-7-8-9-10-11-12-25(39)36(19-31(32,33)34)23-17-22(30(41)35-13-14-37)26-21-15-20(18-38)16-24(42-2)28(21)43-29(26)27(23)40/h15-17,23,26-27,29,37-38,40H,3-14,18-19H2,1-2H3,(H,35,41)/t23-,26+,27+,29+/m1/s1. The number of halogens is 3. The van der Waals surface area contributed by atoms with Gasteiger partial charge in [-0.05, 0) is 30.2 Å². The Morgan fingerprint density at radius 3 is 2.28 bits per heavy atom. The van der Waals surface area contributed by atoms with Crippen LogP contribution in [-0.2, 0) is 16.2 Å². The molecule has 12 heteroatoms. The average Bonchev–Trinajstić information content (AvgIpc) is 3.37. The molecule has 1 aliphatic heterocycles. The third-order valence-corrected chi connectivity index (χ3v) is 8.02. The number of carbonyl (C=O) groups excluding carboxylic acids is 2. The highest BCUT2D eigenvalue weighted by Crippen LogP contribution is 2.51. The number of amides is 2. The number of alkyl halides is 3. The van der Waals surface area contributed by atoms with Gasteiger partial charge >= 0.3 is 6.18 Å². The van der Waals surface area contributed by atoms with Gasteiger partial charge in [0.1, 0.15) is 18.8 Å². The number of unbranched alkanes of at least 4 members (excludes halogenated alkanes) is 8. The normalized spacial score (nSPS) is 21.0. The molecule has 242 valence electrons. The minimum Gasteiger partial charge on any atom is -0.493 e. The predicted octanol–water partition coefficient (Wildman–Crippen LogP) is 4.12. The largest absolute Gasteiger partial charge is 0.493 e. The molecule has 9 nitrogen and oxygen atoms in total. The van der Waals surface area contributed by atoms with Crippen LogP contribution in [0, 0.1) is 0 Å². The van der Waals surface area contributed by atoms with Crippen LogP contribution in [0.5, 0.6) is 11.5 Å². The first-order valence-corrected chi connectivity index (χ1v) is 15.2. The number of aliphatic hydroxyl groups excluding tert-OH is 3. The summed E-state index contributed by atoms with van der Waals surface area (Å²) < 4.78 is 52.8. The number of fused-ring (bicyclic) bond motifs is 3. The van der Waals surface area contributed by atoms with E-state index in [1.807, 2.05) is 0 Å². The molecule has 0 radical (unpaired) electrons. The van der Waals surface area contributed by atoms with E-state index in [2.05, 4.69) is 12.2 Å². The van der Waals surface area contributed by atoms with Crippen LogP contribution >= 0.6 is 0 Å². The molecule has 0 fully saturated rings. The zero-order valence-corrected chi connectivity index (χ0v) is 25.0. The third kappa shape index (κ3) is 9.09. The summed E-state index contributed by atoms with van der Waals surface area (Å²) in [6, 6.07) is 1.62. The number of hydrogen-bond acceptors (Lipinski definition) is 7.